The Morgan fingerprint density at radius 1 is 1.12 bits per heavy atom. The molecule has 0 aliphatic heterocycles. The molecule has 16 heavy (non-hydrogen) atoms. The van der Waals surface area contributed by atoms with Crippen LogP contribution in [0.4, 0.5) is 0 Å². The number of nitrogens with zero attached hydrogens (tertiary/aromatic N) is 1. The maximum Gasteiger partial charge on any atom is 0.185 e. The van der Waals surface area contributed by atoms with E-state index in [1.807, 2.05) is 66.4 Å². The largest absolute Gasteiger partial charge is 0.351 e. The Kier molecular flexibility index (Phi) is 3.01. The molecular formula is C14H13NO. The van der Waals surface area contributed by atoms with Crippen molar-refractivity contribution in [1.29, 1.82) is 0 Å². The van der Waals surface area contributed by atoms with E-state index in [1.54, 1.807) is 6.08 Å². The van der Waals surface area contributed by atoms with Crippen LogP contribution in [-0.4, -0.2) is 10.4 Å². The van der Waals surface area contributed by atoms with Crippen LogP contribution in [0.15, 0.2) is 54.7 Å². The lowest BCUT2D eigenvalue weighted by Gasteiger charge is -1.96. The van der Waals surface area contributed by atoms with Crippen molar-refractivity contribution < 1.29 is 4.79 Å². The molecule has 0 bridgehead atoms. The van der Waals surface area contributed by atoms with Gasteiger partial charge in [0.05, 0.1) is 0 Å². The number of hydrogen-bond donors (Lipinski definition) is 0. The van der Waals surface area contributed by atoms with Crippen LogP contribution in [0.3, 0.4) is 0 Å². The van der Waals surface area contributed by atoms with E-state index in [0.29, 0.717) is 5.56 Å². The number of ketones is 1. The molecule has 0 radical (unpaired) electrons. The molecule has 0 aliphatic rings. The smallest absolute Gasteiger partial charge is 0.185 e. The number of rotatable bonds is 3. The van der Waals surface area contributed by atoms with Crippen molar-refractivity contribution in [2.45, 2.75) is 0 Å². The van der Waals surface area contributed by atoms with E-state index >= 15 is 0 Å². The third-order valence-electron chi connectivity index (χ3n) is 2.45. The second-order valence-corrected chi connectivity index (χ2v) is 3.61. The number of carbonyl (C=O) groups excluding carboxylic acids is 1. The molecule has 80 valence electrons. The van der Waals surface area contributed by atoms with E-state index in [0.717, 1.165) is 5.69 Å². The fourth-order valence-corrected chi connectivity index (χ4v) is 1.51. The molecule has 0 unspecified atom stereocenters. The first-order chi connectivity index (χ1) is 7.77. The number of allylic oxidation sites excluding steroid dienone is 1. The van der Waals surface area contributed by atoms with Gasteiger partial charge in [0.1, 0.15) is 0 Å². The van der Waals surface area contributed by atoms with E-state index in [1.165, 1.54) is 0 Å². The van der Waals surface area contributed by atoms with Crippen molar-refractivity contribution in [3.05, 3.63) is 66.0 Å². The first kappa shape index (κ1) is 10.4. The minimum Gasteiger partial charge on any atom is -0.351 e. The summed E-state index contributed by atoms with van der Waals surface area (Å²) >= 11 is 0. The third-order valence-corrected chi connectivity index (χ3v) is 2.45. The molecule has 1 heterocycles. The van der Waals surface area contributed by atoms with Crippen molar-refractivity contribution in [1.82, 2.24) is 4.57 Å². The van der Waals surface area contributed by atoms with Gasteiger partial charge in [-0.2, -0.15) is 0 Å². The molecule has 2 rings (SSSR count). The number of benzene rings is 1. The summed E-state index contributed by atoms with van der Waals surface area (Å²) in [6, 6.07) is 13.2. The Balaban J connectivity index is 2.15. The van der Waals surface area contributed by atoms with Gasteiger partial charge < -0.3 is 4.57 Å². The van der Waals surface area contributed by atoms with Crippen LogP contribution >= 0.6 is 0 Å². The second-order valence-electron chi connectivity index (χ2n) is 3.61. The van der Waals surface area contributed by atoms with Crippen molar-refractivity contribution in [2.75, 3.05) is 0 Å². The predicted molar refractivity (Wildman–Crippen MR) is 65.2 cm³/mol. The highest BCUT2D eigenvalue weighted by molar-refractivity contribution is 6.06. The van der Waals surface area contributed by atoms with Gasteiger partial charge in [0.25, 0.3) is 0 Å². The van der Waals surface area contributed by atoms with E-state index < -0.39 is 0 Å². The predicted octanol–water partition coefficient (Wildman–Crippen LogP) is 2.92. The highest BCUT2D eigenvalue weighted by Crippen LogP contribution is 2.05. The minimum absolute atomic E-state index is 0.0294. The first-order valence-electron chi connectivity index (χ1n) is 5.16. The first-order valence-corrected chi connectivity index (χ1v) is 5.16. The topological polar surface area (TPSA) is 22.0 Å². The standard InChI is InChI=1S/C14H13NO/c1-15-11-5-8-13(15)9-10-14(16)12-6-3-2-4-7-12/h2-11H,1H3/b10-9-. The lowest BCUT2D eigenvalue weighted by atomic mass is 10.1. The van der Waals surface area contributed by atoms with Crippen LogP contribution in [-0.2, 0) is 7.05 Å². The van der Waals surface area contributed by atoms with Crippen molar-refractivity contribution in [2.24, 2.45) is 7.05 Å². The Morgan fingerprint density at radius 2 is 1.88 bits per heavy atom. The molecule has 1 aromatic heterocycles. The summed E-state index contributed by atoms with van der Waals surface area (Å²) < 4.78 is 1.97. The van der Waals surface area contributed by atoms with Crippen LogP contribution in [0.5, 0.6) is 0 Å². The monoisotopic (exact) mass is 211 g/mol. The Hall–Kier alpha value is -2.09. The van der Waals surface area contributed by atoms with Crippen LogP contribution in [0, 0.1) is 0 Å². The van der Waals surface area contributed by atoms with Crippen molar-refractivity contribution >= 4 is 11.9 Å². The van der Waals surface area contributed by atoms with E-state index in [4.69, 9.17) is 0 Å². The summed E-state index contributed by atoms with van der Waals surface area (Å²) in [4.78, 5) is 11.8. The number of hydrogen-bond acceptors (Lipinski definition) is 1. The number of carbonyl (C=O) groups is 1. The summed E-state index contributed by atoms with van der Waals surface area (Å²) in [6.45, 7) is 0. The molecule has 0 saturated heterocycles. The van der Waals surface area contributed by atoms with Gasteiger partial charge in [0, 0.05) is 24.5 Å². The van der Waals surface area contributed by atoms with Crippen LogP contribution in [0.1, 0.15) is 16.1 Å². The van der Waals surface area contributed by atoms with E-state index in [9.17, 15) is 4.79 Å². The SMILES string of the molecule is Cn1cccc1/C=C\C(=O)c1ccccc1. The minimum atomic E-state index is 0.0294. The van der Waals surface area contributed by atoms with Crippen molar-refractivity contribution in [3.8, 4) is 0 Å². The summed E-state index contributed by atoms with van der Waals surface area (Å²) in [5.74, 6) is 0.0294. The third kappa shape index (κ3) is 2.28. The van der Waals surface area contributed by atoms with Gasteiger partial charge >= 0.3 is 0 Å². The average Bonchev–Trinajstić information content (AvgIpc) is 2.73. The van der Waals surface area contributed by atoms with Gasteiger partial charge in [-0.1, -0.05) is 30.3 Å². The zero-order chi connectivity index (χ0) is 11.4. The van der Waals surface area contributed by atoms with E-state index in [-0.39, 0.29) is 5.78 Å². The van der Waals surface area contributed by atoms with Gasteiger partial charge in [-0.15, -0.1) is 0 Å². The summed E-state index contributed by atoms with van der Waals surface area (Å²) in [6.07, 6.45) is 5.38. The van der Waals surface area contributed by atoms with Crippen LogP contribution < -0.4 is 0 Å². The quantitative estimate of drug-likeness (QED) is 0.565. The van der Waals surface area contributed by atoms with Crippen LogP contribution in [0.2, 0.25) is 0 Å². The normalized spacial score (nSPS) is 10.8. The van der Waals surface area contributed by atoms with Crippen LogP contribution in [0.25, 0.3) is 6.08 Å². The second kappa shape index (κ2) is 4.62. The number of aromatic nitrogens is 1. The lowest BCUT2D eigenvalue weighted by molar-refractivity contribution is 0.104. The van der Waals surface area contributed by atoms with Gasteiger partial charge in [0.2, 0.25) is 0 Å². The zero-order valence-electron chi connectivity index (χ0n) is 9.13. The molecule has 1 aromatic carbocycles. The summed E-state index contributed by atoms with van der Waals surface area (Å²) in [7, 11) is 1.95. The molecule has 0 spiro atoms. The van der Waals surface area contributed by atoms with Crippen molar-refractivity contribution in [3.63, 3.8) is 0 Å². The molecule has 0 amide bonds. The highest BCUT2D eigenvalue weighted by atomic mass is 16.1. The Morgan fingerprint density at radius 3 is 2.50 bits per heavy atom. The Labute approximate surface area is 94.8 Å². The maximum atomic E-state index is 11.8. The fraction of sp³-hybridized carbons (Fsp3) is 0.0714. The Bertz CT molecular complexity index is 509. The maximum absolute atomic E-state index is 11.8. The molecule has 0 atom stereocenters. The summed E-state index contributed by atoms with van der Waals surface area (Å²) in [5.41, 5.74) is 1.73. The molecule has 0 aliphatic carbocycles. The molecule has 2 nitrogen and oxygen atoms in total. The molecule has 2 heteroatoms. The zero-order valence-corrected chi connectivity index (χ0v) is 9.13. The average molecular weight is 211 g/mol. The fourth-order valence-electron chi connectivity index (χ4n) is 1.51. The van der Waals surface area contributed by atoms with Gasteiger partial charge in [-0.25, -0.2) is 0 Å². The highest BCUT2D eigenvalue weighted by Gasteiger charge is 1.99. The molecule has 0 fully saturated rings. The van der Waals surface area contributed by atoms with E-state index in [2.05, 4.69) is 0 Å². The summed E-state index contributed by atoms with van der Waals surface area (Å²) in [5, 5.41) is 0. The van der Waals surface area contributed by atoms with Gasteiger partial charge in [-0.3, -0.25) is 4.79 Å². The lowest BCUT2D eigenvalue weighted by Crippen LogP contribution is -1.94. The molecular weight excluding hydrogens is 198 g/mol. The van der Waals surface area contributed by atoms with Gasteiger partial charge in [-0.05, 0) is 24.3 Å². The molecule has 2 aromatic rings. The van der Waals surface area contributed by atoms with Gasteiger partial charge in [0.15, 0.2) is 5.78 Å². The molecule has 0 saturated carbocycles. The molecule has 0 N–H and O–H groups in total. The number of aryl methyl sites for hydroxylation is 1.